The fourth-order valence-electron chi connectivity index (χ4n) is 3.11. The molecule has 1 saturated heterocycles. The molecule has 128 valence electrons. The van der Waals surface area contributed by atoms with Crippen LogP contribution < -0.4 is 10.6 Å². The molecule has 3 N–H and O–H groups in total. The Balaban J connectivity index is 1.62. The number of hydrogen-bond donors (Lipinski definition) is 3. The first-order valence-electron chi connectivity index (χ1n) is 9.08. The first-order valence-corrected chi connectivity index (χ1v) is 9.08. The lowest BCUT2D eigenvalue weighted by molar-refractivity contribution is -0.0236. The van der Waals surface area contributed by atoms with Crippen LogP contribution in [-0.4, -0.2) is 60.8 Å². The maximum Gasteiger partial charge on any atom is 0.191 e. The van der Waals surface area contributed by atoms with E-state index >= 15 is 0 Å². The molecule has 1 aliphatic heterocycles. The van der Waals surface area contributed by atoms with E-state index < -0.39 is 5.60 Å². The Hall–Kier alpha value is -0.810. The van der Waals surface area contributed by atoms with Crippen molar-refractivity contribution in [3.8, 4) is 0 Å². The van der Waals surface area contributed by atoms with Crippen LogP contribution in [0, 0.1) is 5.92 Å². The molecule has 5 heteroatoms. The third-order valence-electron chi connectivity index (χ3n) is 4.98. The monoisotopic (exact) mass is 310 g/mol. The lowest BCUT2D eigenvalue weighted by Crippen LogP contribution is -2.43. The lowest BCUT2D eigenvalue weighted by atomic mass is 9.80. The topological polar surface area (TPSA) is 59.9 Å². The van der Waals surface area contributed by atoms with Gasteiger partial charge in [0.25, 0.3) is 0 Å². The first kappa shape index (κ1) is 17.5. The van der Waals surface area contributed by atoms with Crippen LogP contribution in [0.25, 0.3) is 0 Å². The van der Waals surface area contributed by atoms with E-state index in [2.05, 4.69) is 34.4 Å². The van der Waals surface area contributed by atoms with Crippen LogP contribution >= 0.6 is 0 Å². The van der Waals surface area contributed by atoms with Crippen LogP contribution in [0.15, 0.2) is 4.99 Å². The maximum atomic E-state index is 10.1. The summed E-state index contributed by atoms with van der Waals surface area (Å²) in [5.41, 5.74) is -0.535. The number of aliphatic imine (C=N–C) groups is 1. The molecule has 0 amide bonds. The van der Waals surface area contributed by atoms with Crippen LogP contribution in [0.5, 0.6) is 0 Å². The molecule has 0 aromatic carbocycles. The van der Waals surface area contributed by atoms with Crippen LogP contribution in [0.2, 0.25) is 0 Å². The zero-order valence-corrected chi connectivity index (χ0v) is 14.4. The second kappa shape index (κ2) is 8.73. The second-order valence-electron chi connectivity index (χ2n) is 7.08. The van der Waals surface area contributed by atoms with Crippen molar-refractivity contribution in [1.29, 1.82) is 0 Å². The molecule has 22 heavy (non-hydrogen) atoms. The summed E-state index contributed by atoms with van der Waals surface area (Å²) in [4.78, 5) is 7.10. The third-order valence-corrected chi connectivity index (χ3v) is 4.98. The van der Waals surface area contributed by atoms with Crippen molar-refractivity contribution in [2.24, 2.45) is 10.9 Å². The van der Waals surface area contributed by atoms with Gasteiger partial charge in [0.2, 0.25) is 0 Å². The predicted molar refractivity (Wildman–Crippen MR) is 92.2 cm³/mol. The molecule has 0 atom stereocenters. The van der Waals surface area contributed by atoms with Gasteiger partial charge in [-0.2, -0.15) is 0 Å². The van der Waals surface area contributed by atoms with Gasteiger partial charge in [-0.1, -0.05) is 6.92 Å². The van der Waals surface area contributed by atoms with Gasteiger partial charge >= 0.3 is 0 Å². The molecule has 2 rings (SSSR count). The summed E-state index contributed by atoms with van der Waals surface area (Å²) in [7, 11) is 0. The summed E-state index contributed by atoms with van der Waals surface area (Å²) in [5, 5.41) is 16.8. The van der Waals surface area contributed by atoms with E-state index in [1.54, 1.807) is 0 Å². The highest BCUT2D eigenvalue weighted by Gasteiger charge is 2.34. The number of hydrogen-bond acceptors (Lipinski definition) is 3. The van der Waals surface area contributed by atoms with Crippen molar-refractivity contribution in [3.63, 3.8) is 0 Å². The molecular formula is C17H34N4O. The molecule has 1 heterocycles. The van der Waals surface area contributed by atoms with Gasteiger partial charge in [-0.15, -0.1) is 0 Å². The lowest BCUT2D eigenvalue weighted by Gasteiger charge is -2.35. The zero-order chi connectivity index (χ0) is 15.8. The molecule has 0 spiro atoms. The normalized spacial score (nSPS) is 23.1. The van der Waals surface area contributed by atoms with E-state index in [-0.39, 0.29) is 0 Å². The van der Waals surface area contributed by atoms with E-state index in [1.165, 1.54) is 32.5 Å². The van der Waals surface area contributed by atoms with Gasteiger partial charge < -0.3 is 20.6 Å². The zero-order valence-electron chi connectivity index (χ0n) is 14.4. The van der Waals surface area contributed by atoms with Gasteiger partial charge in [0.05, 0.1) is 12.1 Å². The molecule has 0 radical (unpaired) electrons. The largest absolute Gasteiger partial charge is 0.388 e. The van der Waals surface area contributed by atoms with Gasteiger partial charge in [0.15, 0.2) is 5.96 Å². The highest BCUT2D eigenvalue weighted by atomic mass is 16.3. The SMILES string of the molecule is CCNC(=NCC1(O)CCC1)NCCCN1CCC(C)CC1. The van der Waals surface area contributed by atoms with Gasteiger partial charge in [-0.3, -0.25) is 4.99 Å². The van der Waals surface area contributed by atoms with Crippen LogP contribution in [0.4, 0.5) is 0 Å². The highest BCUT2D eigenvalue weighted by Crippen LogP contribution is 2.31. The molecule has 0 bridgehead atoms. The van der Waals surface area contributed by atoms with Gasteiger partial charge in [0, 0.05) is 13.1 Å². The molecule has 2 fully saturated rings. The molecule has 1 aliphatic carbocycles. The minimum atomic E-state index is -0.535. The van der Waals surface area contributed by atoms with Crippen LogP contribution in [-0.2, 0) is 0 Å². The molecule has 0 aromatic rings. The third kappa shape index (κ3) is 5.76. The van der Waals surface area contributed by atoms with Gasteiger partial charge in [-0.05, 0) is 71.0 Å². The van der Waals surface area contributed by atoms with E-state index in [1.807, 2.05) is 0 Å². The predicted octanol–water partition coefficient (Wildman–Crippen LogP) is 1.58. The van der Waals surface area contributed by atoms with Gasteiger partial charge in [0.1, 0.15) is 0 Å². The average molecular weight is 310 g/mol. The Kier molecular flexibility index (Phi) is 6.96. The fraction of sp³-hybridized carbons (Fsp3) is 0.941. The Morgan fingerprint density at radius 1 is 1.27 bits per heavy atom. The Morgan fingerprint density at radius 2 is 2.00 bits per heavy atom. The smallest absolute Gasteiger partial charge is 0.191 e. The van der Waals surface area contributed by atoms with E-state index in [0.29, 0.717) is 6.54 Å². The quantitative estimate of drug-likeness (QED) is 0.380. The second-order valence-corrected chi connectivity index (χ2v) is 7.08. The molecular weight excluding hydrogens is 276 g/mol. The van der Waals surface area contributed by atoms with Crippen molar-refractivity contribution in [2.45, 2.75) is 58.0 Å². The molecule has 2 aliphatic rings. The minimum Gasteiger partial charge on any atom is -0.388 e. The summed E-state index contributed by atoms with van der Waals surface area (Å²) in [6, 6.07) is 0. The number of piperidine rings is 1. The summed E-state index contributed by atoms with van der Waals surface area (Å²) in [6.07, 6.45) is 6.74. The summed E-state index contributed by atoms with van der Waals surface area (Å²) >= 11 is 0. The van der Waals surface area contributed by atoms with Crippen LogP contribution in [0.3, 0.4) is 0 Å². The number of nitrogens with one attached hydrogen (secondary N) is 2. The highest BCUT2D eigenvalue weighted by molar-refractivity contribution is 5.79. The van der Waals surface area contributed by atoms with Crippen molar-refractivity contribution < 1.29 is 5.11 Å². The van der Waals surface area contributed by atoms with E-state index in [9.17, 15) is 5.11 Å². The maximum absolute atomic E-state index is 10.1. The molecule has 0 aromatic heterocycles. The number of rotatable bonds is 7. The average Bonchev–Trinajstić information content (AvgIpc) is 2.49. The number of nitrogens with zero attached hydrogens (tertiary/aromatic N) is 2. The summed E-state index contributed by atoms with van der Waals surface area (Å²) < 4.78 is 0. The molecule has 0 unspecified atom stereocenters. The van der Waals surface area contributed by atoms with Crippen LogP contribution in [0.1, 0.15) is 52.4 Å². The standard InChI is InChI=1S/C17H34N4O/c1-3-18-16(20-14-17(22)8-4-9-17)19-10-5-11-21-12-6-15(2)7-13-21/h15,22H,3-14H2,1-2H3,(H2,18,19,20). The van der Waals surface area contributed by atoms with Crippen molar-refractivity contribution in [2.75, 3.05) is 39.3 Å². The Morgan fingerprint density at radius 3 is 2.59 bits per heavy atom. The molecule has 5 nitrogen and oxygen atoms in total. The van der Waals surface area contributed by atoms with E-state index in [4.69, 9.17) is 0 Å². The number of likely N-dealkylation sites (tertiary alicyclic amines) is 1. The Bertz CT molecular complexity index is 347. The fourth-order valence-corrected chi connectivity index (χ4v) is 3.11. The van der Waals surface area contributed by atoms with E-state index in [0.717, 1.165) is 50.7 Å². The summed E-state index contributed by atoms with van der Waals surface area (Å²) in [5.74, 6) is 1.74. The summed E-state index contributed by atoms with van der Waals surface area (Å²) in [6.45, 7) is 10.4. The first-order chi connectivity index (χ1) is 10.6. The Labute approximate surface area is 135 Å². The number of aliphatic hydroxyl groups is 1. The van der Waals surface area contributed by atoms with Crippen molar-refractivity contribution in [1.82, 2.24) is 15.5 Å². The van der Waals surface area contributed by atoms with Gasteiger partial charge in [-0.25, -0.2) is 0 Å². The molecule has 1 saturated carbocycles. The minimum absolute atomic E-state index is 0.520. The van der Waals surface area contributed by atoms with Crippen molar-refractivity contribution >= 4 is 5.96 Å². The van der Waals surface area contributed by atoms with Crippen molar-refractivity contribution in [3.05, 3.63) is 0 Å². The number of guanidine groups is 1.